The molecule has 4 rings (SSSR count). The lowest BCUT2D eigenvalue weighted by molar-refractivity contribution is 0.100. The molecule has 3 aromatic carbocycles. The lowest BCUT2D eigenvalue weighted by atomic mass is 9.70. The van der Waals surface area contributed by atoms with Gasteiger partial charge in [-0.2, -0.15) is 0 Å². The van der Waals surface area contributed by atoms with Gasteiger partial charge in [-0.25, -0.2) is 0 Å². The van der Waals surface area contributed by atoms with Crippen molar-refractivity contribution >= 4 is 11.6 Å². The van der Waals surface area contributed by atoms with Crippen LogP contribution in [-0.2, 0) is 11.8 Å². The lowest BCUT2D eigenvalue weighted by Gasteiger charge is -2.32. The molecule has 1 aliphatic rings. The van der Waals surface area contributed by atoms with E-state index in [2.05, 4.69) is 48.5 Å². The number of rotatable bonds is 4. The summed E-state index contributed by atoms with van der Waals surface area (Å²) in [4.78, 5) is 23.4. The van der Waals surface area contributed by atoms with Gasteiger partial charge in [-0.3, -0.25) is 9.59 Å². The molecule has 0 saturated heterocycles. The fraction of sp³-hybridized carbons (Fsp3) is 0.200. The van der Waals surface area contributed by atoms with Crippen molar-refractivity contribution in [3.05, 3.63) is 106 Å². The monoisotopic (exact) mass is 354 g/mol. The van der Waals surface area contributed by atoms with Gasteiger partial charge in [-0.1, -0.05) is 72.8 Å². The van der Waals surface area contributed by atoms with Crippen LogP contribution >= 0.6 is 0 Å². The highest BCUT2D eigenvalue weighted by Gasteiger charge is 2.41. The maximum Gasteiger partial charge on any atom is 0.159 e. The average Bonchev–Trinajstić information content (AvgIpc) is 3.09. The summed E-state index contributed by atoms with van der Waals surface area (Å²) in [5, 5.41) is 0. The fourth-order valence-corrected chi connectivity index (χ4v) is 4.36. The Morgan fingerprint density at radius 1 is 0.704 bits per heavy atom. The van der Waals surface area contributed by atoms with Gasteiger partial charge in [0.2, 0.25) is 0 Å². The predicted octanol–water partition coefficient (Wildman–Crippen LogP) is 5.37. The molecule has 0 fully saturated rings. The van der Waals surface area contributed by atoms with Gasteiger partial charge in [0.15, 0.2) is 11.6 Å². The Kier molecular flexibility index (Phi) is 4.27. The number of Topliss-reactive ketones (excluding diaryl/α,β-unsaturated/α-hetero) is 2. The van der Waals surface area contributed by atoms with E-state index in [9.17, 15) is 9.59 Å². The fourth-order valence-electron chi connectivity index (χ4n) is 4.36. The Bertz CT molecular complexity index is 953. The van der Waals surface area contributed by atoms with E-state index in [0.717, 1.165) is 24.0 Å². The molecule has 0 N–H and O–H groups in total. The number of carbonyl (C=O) groups excluding carboxylic acids is 2. The maximum absolute atomic E-state index is 11.7. The third-order valence-electron chi connectivity index (χ3n) is 5.81. The van der Waals surface area contributed by atoms with Crippen LogP contribution in [0.2, 0.25) is 0 Å². The third-order valence-corrected chi connectivity index (χ3v) is 5.81. The molecule has 0 saturated carbocycles. The number of ketones is 2. The summed E-state index contributed by atoms with van der Waals surface area (Å²) in [7, 11) is 0. The van der Waals surface area contributed by atoms with Gasteiger partial charge in [0.05, 0.1) is 0 Å². The van der Waals surface area contributed by atoms with Crippen LogP contribution in [0.25, 0.3) is 0 Å². The van der Waals surface area contributed by atoms with Gasteiger partial charge in [0.25, 0.3) is 0 Å². The number of benzene rings is 3. The number of fused-ring (bicyclic) bond motifs is 1. The van der Waals surface area contributed by atoms with E-state index in [0.29, 0.717) is 0 Å². The number of hydrogen-bond donors (Lipinski definition) is 0. The summed E-state index contributed by atoms with van der Waals surface area (Å²) >= 11 is 0. The molecule has 27 heavy (non-hydrogen) atoms. The molecule has 2 heteroatoms. The Balaban J connectivity index is 1.91. The van der Waals surface area contributed by atoms with E-state index in [-0.39, 0.29) is 17.0 Å². The topological polar surface area (TPSA) is 34.1 Å². The quantitative estimate of drug-likeness (QED) is 0.590. The summed E-state index contributed by atoms with van der Waals surface area (Å²) in [6.45, 7) is 3.19. The summed E-state index contributed by atoms with van der Waals surface area (Å²) < 4.78 is 0. The van der Waals surface area contributed by atoms with Gasteiger partial charge in [0.1, 0.15) is 0 Å². The first-order valence-electron chi connectivity index (χ1n) is 9.34. The van der Waals surface area contributed by atoms with Crippen molar-refractivity contribution in [2.75, 3.05) is 0 Å². The normalized spacial score (nSPS) is 14.6. The van der Waals surface area contributed by atoms with Crippen LogP contribution < -0.4 is 0 Å². The molecular formula is C25H22O2. The van der Waals surface area contributed by atoms with Crippen molar-refractivity contribution in [2.45, 2.75) is 32.1 Å². The van der Waals surface area contributed by atoms with E-state index in [1.807, 2.05) is 24.3 Å². The SMILES string of the molecule is CC(=O)c1ccc(C2(c3ccc(C(C)=O)cc3)CCc3ccccc32)cc1. The molecular weight excluding hydrogens is 332 g/mol. The Labute approximate surface area is 159 Å². The number of hydrogen-bond acceptors (Lipinski definition) is 2. The van der Waals surface area contributed by atoms with Gasteiger partial charge in [0, 0.05) is 16.5 Å². The van der Waals surface area contributed by atoms with E-state index >= 15 is 0 Å². The first-order chi connectivity index (χ1) is 13.0. The second kappa shape index (κ2) is 6.62. The minimum Gasteiger partial charge on any atom is -0.295 e. The summed E-state index contributed by atoms with van der Waals surface area (Å²) in [5.74, 6) is 0.154. The van der Waals surface area contributed by atoms with Crippen molar-refractivity contribution in [1.29, 1.82) is 0 Å². The highest BCUT2D eigenvalue weighted by Crippen LogP contribution is 2.48. The molecule has 0 bridgehead atoms. The first kappa shape index (κ1) is 17.4. The van der Waals surface area contributed by atoms with Gasteiger partial charge >= 0.3 is 0 Å². The van der Waals surface area contributed by atoms with Crippen LogP contribution in [0.4, 0.5) is 0 Å². The molecule has 0 aromatic heterocycles. The highest BCUT2D eigenvalue weighted by atomic mass is 16.1. The largest absolute Gasteiger partial charge is 0.295 e. The highest BCUT2D eigenvalue weighted by molar-refractivity contribution is 5.94. The Morgan fingerprint density at radius 2 is 1.19 bits per heavy atom. The molecule has 0 radical (unpaired) electrons. The van der Waals surface area contributed by atoms with Crippen LogP contribution in [0.15, 0.2) is 72.8 Å². The smallest absolute Gasteiger partial charge is 0.159 e. The summed E-state index contributed by atoms with van der Waals surface area (Å²) in [6.07, 6.45) is 1.99. The van der Waals surface area contributed by atoms with Crippen molar-refractivity contribution in [2.24, 2.45) is 0 Å². The molecule has 1 aliphatic carbocycles. The molecule has 0 heterocycles. The second-order valence-electron chi connectivity index (χ2n) is 7.33. The van der Waals surface area contributed by atoms with Gasteiger partial charge in [-0.15, -0.1) is 0 Å². The zero-order valence-corrected chi connectivity index (χ0v) is 15.7. The zero-order chi connectivity index (χ0) is 19.0. The van der Waals surface area contributed by atoms with E-state index in [4.69, 9.17) is 0 Å². The standard InChI is InChI=1S/C25H22O2/c1-17(26)19-7-11-22(12-8-19)25(16-15-21-5-3-4-6-24(21)25)23-13-9-20(10-14-23)18(2)27/h3-14H,15-16H2,1-2H3. The van der Waals surface area contributed by atoms with Crippen molar-refractivity contribution in [1.82, 2.24) is 0 Å². The average molecular weight is 354 g/mol. The van der Waals surface area contributed by atoms with Crippen molar-refractivity contribution < 1.29 is 9.59 Å². The summed E-state index contributed by atoms with van der Waals surface area (Å²) in [6, 6.07) is 24.6. The molecule has 134 valence electrons. The van der Waals surface area contributed by atoms with Gasteiger partial charge in [-0.05, 0) is 48.9 Å². The van der Waals surface area contributed by atoms with Crippen molar-refractivity contribution in [3.8, 4) is 0 Å². The van der Waals surface area contributed by atoms with Crippen LogP contribution in [0, 0.1) is 0 Å². The minimum atomic E-state index is -0.249. The molecule has 0 unspecified atom stereocenters. The Hall–Kier alpha value is -3.00. The second-order valence-corrected chi connectivity index (χ2v) is 7.33. The van der Waals surface area contributed by atoms with Crippen LogP contribution in [0.1, 0.15) is 63.2 Å². The lowest BCUT2D eigenvalue weighted by Crippen LogP contribution is -2.26. The molecule has 3 aromatic rings. The van der Waals surface area contributed by atoms with Gasteiger partial charge < -0.3 is 0 Å². The molecule has 0 atom stereocenters. The Morgan fingerprint density at radius 3 is 1.67 bits per heavy atom. The summed E-state index contributed by atoms with van der Waals surface area (Å²) in [5.41, 5.74) is 6.27. The molecule has 0 amide bonds. The van der Waals surface area contributed by atoms with Crippen LogP contribution in [0.3, 0.4) is 0 Å². The maximum atomic E-state index is 11.7. The number of aryl methyl sites for hydroxylation is 1. The molecule has 0 spiro atoms. The zero-order valence-electron chi connectivity index (χ0n) is 15.7. The predicted molar refractivity (Wildman–Crippen MR) is 108 cm³/mol. The van der Waals surface area contributed by atoms with Crippen LogP contribution in [-0.4, -0.2) is 11.6 Å². The third kappa shape index (κ3) is 2.82. The van der Waals surface area contributed by atoms with E-state index in [1.54, 1.807) is 13.8 Å². The van der Waals surface area contributed by atoms with E-state index < -0.39 is 0 Å². The van der Waals surface area contributed by atoms with Crippen LogP contribution in [0.5, 0.6) is 0 Å². The molecule has 0 aliphatic heterocycles. The first-order valence-corrected chi connectivity index (χ1v) is 9.34. The minimum absolute atomic E-state index is 0.0771. The number of carbonyl (C=O) groups is 2. The van der Waals surface area contributed by atoms with E-state index in [1.165, 1.54) is 22.3 Å². The molecule has 2 nitrogen and oxygen atoms in total. The van der Waals surface area contributed by atoms with Crippen molar-refractivity contribution in [3.63, 3.8) is 0 Å².